The number of aliphatic imine (C=N–C) groups is 1. The highest BCUT2D eigenvalue weighted by molar-refractivity contribution is 14.0. The van der Waals surface area contributed by atoms with Gasteiger partial charge < -0.3 is 15.4 Å². The maximum Gasteiger partial charge on any atom is 0.191 e. The Balaban J connectivity index is 0.00000364. The topological polar surface area (TPSA) is 79.8 Å². The predicted molar refractivity (Wildman–Crippen MR) is 122 cm³/mol. The number of nitrogens with zero attached hydrogens (tertiary/aromatic N) is 1. The summed E-state index contributed by atoms with van der Waals surface area (Å²) in [6.45, 7) is 7.43. The minimum atomic E-state index is -2.85. The second-order valence-electron chi connectivity index (χ2n) is 7.02. The number of aryl methyl sites for hydroxylation is 1. The number of nitrogens with one attached hydrogen (secondary N) is 2. The van der Waals surface area contributed by atoms with Crippen LogP contribution in [0.1, 0.15) is 37.8 Å². The summed E-state index contributed by atoms with van der Waals surface area (Å²) in [5, 5.41) is 6.53. The van der Waals surface area contributed by atoms with Crippen molar-refractivity contribution < 1.29 is 13.2 Å². The van der Waals surface area contributed by atoms with Crippen LogP contribution in [0.5, 0.6) is 5.75 Å². The van der Waals surface area contributed by atoms with E-state index in [4.69, 9.17) is 4.74 Å². The van der Waals surface area contributed by atoms with Crippen LogP contribution in [0, 0.1) is 12.8 Å². The van der Waals surface area contributed by atoms with Crippen LogP contribution in [0.15, 0.2) is 23.2 Å². The first-order chi connectivity index (χ1) is 12.3. The van der Waals surface area contributed by atoms with E-state index in [-0.39, 0.29) is 41.8 Å². The van der Waals surface area contributed by atoms with Gasteiger partial charge >= 0.3 is 0 Å². The molecule has 0 saturated carbocycles. The Labute approximate surface area is 180 Å². The van der Waals surface area contributed by atoms with Gasteiger partial charge in [-0.1, -0.05) is 19.1 Å². The van der Waals surface area contributed by atoms with E-state index in [1.807, 2.05) is 0 Å². The van der Waals surface area contributed by atoms with E-state index in [0.29, 0.717) is 24.8 Å². The fourth-order valence-corrected chi connectivity index (χ4v) is 4.75. The van der Waals surface area contributed by atoms with Gasteiger partial charge in [0.25, 0.3) is 0 Å². The molecule has 0 aromatic heterocycles. The van der Waals surface area contributed by atoms with Crippen molar-refractivity contribution in [2.24, 2.45) is 10.9 Å². The second-order valence-corrected chi connectivity index (χ2v) is 9.25. The largest absolute Gasteiger partial charge is 0.490 e. The van der Waals surface area contributed by atoms with Crippen molar-refractivity contribution in [3.8, 4) is 5.75 Å². The first kappa shape index (κ1) is 24.0. The Bertz CT molecular complexity index is 738. The molecule has 8 heteroatoms. The average molecular weight is 509 g/mol. The SMILES string of the molecule is CCC(C)Oc1cc(C)ccc1CNC(=NC)NCC1CCS(=O)(=O)C1.I. The van der Waals surface area contributed by atoms with E-state index in [1.54, 1.807) is 7.05 Å². The average Bonchev–Trinajstić information content (AvgIpc) is 2.95. The second kappa shape index (κ2) is 11.1. The van der Waals surface area contributed by atoms with Crippen LogP contribution in [0.25, 0.3) is 0 Å². The molecule has 1 fully saturated rings. The van der Waals surface area contributed by atoms with Crippen LogP contribution in [-0.2, 0) is 16.4 Å². The van der Waals surface area contributed by atoms with Gasteiger partial charge in [0.1, 0.15) is 5.75 Å². The number of sulfone groups is 1. The molecule has 2 atom stereocenters. The summed E-state index contributed by atoms with van der Waals surface area (Å²) in [6, 6.07) is 6.19. The number of rotatable bonds is 7. The van der Waals surface area contributed by atoms with Crippen molar-refractivity contribution in [1.82, 2.24) is 10.6 Å². The molecule has 2 N–H and O–H groups in total. The van der Waals surface area contributed by atoms with Crippen molar-refractivity contribution >= 4 is 39.8 Å². The van der Waals surface area contributed by atoms with Crippen molar-refractivity contribution in [1.29, 1.82) is 0 Å². The van der Waals surface area contributed by atoms with Crippen LogP contribution in [0.3, 0.4) is 0 Å². The molecule has 6 nitrogen and oxygen atoms in total. The number of hydrogen-bond acceptors (Lipinski definition) is 4. The zero-order valence-electron chi connectivity index (χ0n) is 16.6. The molecule has 0 aliphatic carbocycles. The fraction of sp³-hybridized carbons (Fsp3) is 0.632. The van der Waals surface area contributed by atoms with E-state index < -0.39 is 9.84 Å². The van der Waals surface area contributed by atoms with Gasteiger partial charge in [-0.3, -0.25) is 4.99 Å². The zero-order chi connectivity index (χ0) is 19.2. The van der Waals surface area contributed by atoms with Gasteiger partial charge in [-0.2, -0.15) is 0 Å². The van der Waals surface area contributed by atoms with Crippen molar-refractivity contribution in [2.45, 2.75) is 46.3 Å². The molecule has 0 radical (unpaired) electrons. The lowest BCUT2D eigenvalue weighted by atomic mass is 10.1. The summed E-state index contributed by atoms with van der Waals surface area (Å²) in [4.78, 5) is 4.23. The molecule has 1 aromatic rings. The molecule has 2 unspecified atom stereocenters. The summed E-state index contributed by atoms with van der Waals surface area (Å²) in [5.41, 5.74) is 2.24. The number of guanidine groups is 1. The molecule has 1 aromatic carbocycles. The standard InChI is InChI=1S/C19H31N3O3S.HI/c1-5-15(3)25-18-10-14(2)6-7-17(18)12-22-19(20-4)21-11-16-8-9-26(23,24)13-16;/h6-7,10,15-16H,5,8-9,11-13H2,1-4H3,(H2,20,21,22);1H. The highest BCUT2D eigenvalue weighted by Crippen LogP contribution is 2.22. The van der Waals surface area contributed by atoms with Crippen LogP contribution >= 0.6 is 24.0 Å². The Morgan fingerprint density at radius 2 is 2.11 bits per heavy atom. The normalized spacial score (nSPS) is 19.9. The molecule has 1 heterocycles. The molecule has 2 rings (SSSR count). The molecule has 0 amide bonds. The van der Waals surface area contributed by atoms with Gasteiger partial charge in [0.2, 0.25) is 0 Å². The number of ether oxygens (including phenoxy) is 1. The number of hydrogen-bond donors (Lipinski definition) is 2. The molecule has 1 saturated heterocycles. The fourth-order valence-electron chi connectivity index (χ4n) is 2.89. The number of benzene rings is 1. The number of halogens is 1. The van der Waals surface area contributed by atoms with Gasteiger partial charge in [-0.25, -0.2) is 8.42 Å². The van der Waals surface area contributed by atoms with Crippen molar-refractivity contribution in [2.75, 3.05) is 25.1 Å². The Kier molecular flexibility index (Phi) is 9.86. The Morgan fingerprint density at radius 3 is 2.70 bits per heavy atom. The Morgan fingerprint density at radius 1 is 1.37 bits per heavy atom. The summed E-state index contributed by atoms with van der Waals surface area (Å²) >= 11 is 0. The summed E-state index contributed by atoms with van der Waals surface area (Å²) in [7, 11) is -1.13. The molecular weight excluding hydrogens is 477 g/mol. The molecular formula is C19H32IN3O3S. The van der Waals surface area contributed by atoms with Gasteiger partial charge in [0.05, 0.1) is 17.6 Å². The van der Waals surface area contributed by atoms with Crippen LogP contribution in [-0.4, -0.2) is 45.6 Å². The summed E-state index contributed by atoms with van der Waals surface area (Å²) in [5.74, 6) is 2.28. The monoisotopic (exact) mass is 509 g/mol. The van der Waals surface area contributed by atoms with Gasteiger partial charge in [0.15, 0.2) is 15.8 Å². The summed E-state index contributed by atoms with van der Waals surface area (Å²) in [6.07, 6.45) is 1.84. The lowest BCUT2D eigenvalue weighted by Crippen LogP contribution is -2.39. The van der Waals surface area contributed by atoms with Crippen molar-refractivity contribution in [3.63, 3.8) is 0 Å². The lowest BCUT2D eigenvalue weighted by Gasteiger charge is -2.19. The highest BCUT2D eigenvalue weighted by Gasteiger charge is 2.27. The van der Waals surface area contributed by atoms with Gasteiger partial charge in [-0.15, -0.1) is 24.0 Å². The zero-order valence-corrected chi connectivity index (χ0v) is 19.8. The van der Waals surface area contributed by atoms with Gasteiger partial charge in [-0.05, 0) is 44.2 Å². The van der Waals surface area contributed by atoms with E-state index in [2.05, 4.69) is 54.6 Å². The predicted octanol–water partition coefficient (Wildman–Crippen LogP) is 2.89. The maximum atomic E-state index is 11.6. The van der Waals surface area contributed by atoms with E-state index in [0.717, 1.165) is 29.7 Å². The third-order valence-electron chi connectivity index (χ3n) is 4.68. The minimum absolute atomic E-state index is 0. The highest BCUT2D eigenvalue weighted by atomic mass is 127. The first-order valence-electron chi connectivity index (χ1n) is 9.24. The molecule has 1 aliphatic heterocycles. The van der Waals surface area contributed by atoms with Crippen LogP contribution in [0.4, 0.5) is 0 Å². The van der Waals surface area contributed by atoms with E-state index >= 15 is 0 Å². The molecule has 0 bridgehead atoms. The van der Waals surface area contributed by atoms with Crippen LogP contribution < -0.4 is 15.4 Å². The molecule has 27 heavy (non-hydrogen) atoms. The van der Waals surface area contributed by atoms with Crippen molar-refractivity contribution in [3.05, 3.63) is 29.3 Å². The molecule has 154 valence electrons. The van der Waals surface area contributed by atoms with Gasteiger partial charge in [0, 0.05) is 25.7 Å². The molecule has 0 spiro atoms. The molecule has 1 aliphatic rings. The quantitative estimate of drug-likeness (QED) is 0.336. The lowest BCUT2D eigenvalue weighted by molar-refractivity contribution is 0.215. The first-order valence-corrected chi connectivity index (χ1v) is 11.1. The third-order valence-corrected chi connectivity index (χ3v) is 6.52. The van der Waals surface area contributed by atoms with E-state index in [9.17, 15) is 8.42 Å². The van der Waals surface area contributed by atoms with Crippen LogP contribution in [0.2, 0.25) is 0 Å². The third kappa shape index (κ3) is 7.85. The summed E-state index contributed by atoms with van der Waals surface area (Å²) < 4.78 is 29.2. The Hall–Kier alpha value is -1.03. The van der Waals surface area contributed by atoms with E-state index in [1.165, 1.54) is 0 Å². The maximum absolute atomic E-state index is 11.6. The smallest absolute Gasteiger partial charge is 0.191 e. The minimum Gasteiger partial charge on any atom is -0.490 e.